The molecule has 0 spiro atoms. The summed E-state index contributed by atoms with van der Waals surface area (Å²) in [6, 6.07) is 7.11. The highest BCUT2D eigenvalue weighted by molar-refractivity contribution is 7.99. The summed E-state index contributed by atoms with van der Waals surface area (Å²) in [5.74, 6) is -0.663. The first-order chi connectivity index (χ1) is 14.4. The molecule has 2 heterocycles. The number of thiophene rings is 1. The highest BCUT2D eigenvalue weighted by Gasteiger charge is 2.23. The van der Waals surface area contributed by atoms with Crippen molar-refractivity contribution < 1.29 is 14.3 Å². The largest absolute Gasteiger partial charge is 0.462 e. The molecular formula is C21H23N3O4S2. The third kappa shape index (κ3) is 4.41. The van der Waals surface area contributed by atoms with Crippen molar-refractivity contribution in [3.05, 3.63) is 50.6 Å². The third-order valence-corrected chi connectivity index (χ3v) is 6.96. The fourth-order valence-electron chi connectivity index (χ4n) is 3.05. The highest BCUT2D eigenvalue weighted by Crippen LogP contribution is 2.34. The SMILES string of the molecule is CCOC(=O)c1c(NC(=O)CSc2nc3ccccc3c(=O)n2C)sc(CC)c1C. The van der Waals surface area contributed by atoms with Gasteiger partial charge in [-0.2, -0.15) is 0 Å². The first-order valence-corrected chi connectivity index (χ1v) is 11.3. The van der Waals surface area contributed by atoms with Gasteiger partial charge >= 0.3 is 5.97 Å². The zero-order valence-electron chi connectivity index (χ0n) is 17.3. The molecule has 0 saturated carbocycles. The molecule has 3 aromatic rings. The molecule has 9 heteroatoms. The van der Waals surface area contributed by atoms with Crippen LogP contribution >= 0.6 is 23.1 Å². The van der Waals surface area contributed by atoms with Crippen LogP contribution in [0.15, 0.2) is 34.2 Å². The maximum atomic E-state index is 12.6. The van der Waals surface area contributed by atoms with Crippen molar-refractivity contribution in [1.29, 1.82) is 0 Å². The van der Waals surface area contributed by atoms with E-state index < -0.39 is 5.97 Å². The molecule has 1 aromatic carbocycles. The molecule has 2 aromatic heterocycles. The second-order valence-corrected chi connectivity index (χ2v) is 8.59. The molecule has 0 aliphatic heterocycles. The van der Waals surface area contributed by atoms with E-state index in [0.29, 0.717) is 26.6 Å². The van der Waals surface area contributed by atoms with Crippen LogP contribution in [0.4, 0.5) is 5.00 Å². The lowest BCUT2D eigenvalue weighted by Gasteiger charge is -2.09. The minimum absolute atomic E-state index is 0.0549. The van der Waals surface area contributed by atoms with E-state index in [9.17, 15) is 14.4 Å². The van der Waals surface area contributed by atoms with Gasteiger partial charge in [0.05, 0.1) is 28.8 Å². The summed E-state index contributed by atoms with van der Waals surface area (Å²) in [6.45, 7) is 5.87. The van der Waals surface area contributed by atoms with Gasteiger partial charge in [0.2, 0.25) is 5.91 Å². The maximum Gasteiger partial charge on any atom is 0.341 e. The molecule has 1 N–H and O–H groups in total. The molecule has 0 atom stereocenters. The van der Waals surface area contributed by atoms with Crippen molar-refractivity contribution in [1.82, 2.24) is 9.55 Å². The summed E-state index contributed by atoms with van der Waals surface area (Å²) < 4.78 is 6.59. The number of esters is 1. The average molecular weight is 446 g/mol. The predicted octanol–water partition coefficient (Wildman–Crippen LogP) is 3.77. The number of carbonyl (C=O) groups is 2. The average Bonchev–Trinajstić information content (AvgIpc) is 3.04. The molecule has 0 unspecified atom stereocenters. The molecule has 0 radical (unpaired) electrons. The molecule has 0 saturated heterocycles. The van der Waals surface area contributed by atoms with Crippen LogP contribution in [0.1, 0.15) is 34.6 Å². The number of aromatic nitrogens is 2. The van der Waals surface area contributed by atoms with Crippen molar-refractivity contribution in [2.45, 2.75) is 32.3 Å². The summed E-state index contributed by atoms with van der Waals surface area (Å²) in [5.41, 5.74) is 1.68. The zero-order chi connectivity index (χ0) is 21.8. The Morgan fingerprint density at radius 2 is 2.00 bits per heavy atom. The van der Waals surface area contributed by atoms with E-state index in [1.165, 1.54) is 27.7 Å². The van der Waals surface area contributed by atoms with Crippen molar-refractivity contribution in [2.24, 2.45) is 7.05 Å². The van der Waals surface area contributed by atoms with E-state index in [1.807, 2.05) is 19.9 Å². The molecular weight excluding hydrogens is 422 g/mol. The Morgan fingerprint density at radius 1 is 1.27 bits per heavy atom. The Morgan fingerprint density at radius 3 is 2.70 bits per heavy atom. The van der Waals surface area contributed by atoms with Gasteiger partial charge in [-0.1, -0.05) is 30.8 Å². The number of ether oxygens (including phenoxy) is 1. The number of fused-ring (bicyclic) bond motifs is 1. The van der Waals surface area contributed by atoms with Crippen molar-refractivity contribution in [3.63, 3.8) is 0 Å². The molecule has 0 aliphatic carbocycles. The van der Waals surface area contributed by atoms with Gasteiger partial charge in [-0.05, 0) is 38.0 Å². The van der Waals surface area contributed by atoms with Crippen LogP contribution in [0, 0.1) is 6.92 Å². The number of para-hydroxylation sites is 1. The minimum atomic E-state index is -0.438. The molecule has 1 amide bonds. The second-order valence-electron chi connectivity index (χ2n) is 6.54. The molecule has 0 fully saturated rings. The number of rotatable bonds is 7. The van der Waals surface area contributed by atoms with Crippen molar-refractivity contribution in [3.8, 4) is 0 Å². The molecule has 0 bridgehead atoms. The molecule has 158 valence electrons. The fourth-order valence-corrected chi connectivity index (χ4v) is 4.98. The zero-order valence-corrected chi connectivity index (χ0v) is 18.9. The highest BCUT2D eigenvalue weighted by atomic mass is 32.2. The van der Waals surface area contributed by atoms with E-state index in [4.69, 9.17) is 4.74 Å². The van der Waals surface area contributed by atoms with Crippen LogP contribution in [0.3, 0.4) is 0 Å². The van der Waals surface area contributed by atoms with Crippen LogP contribution in [-0.4, -0.2) is 33.8 Å². The van der Waals surface area contributed by atoms with Gasteiger partial charge in [-0.3, -0.25) is 14.2 Å². The quantitative estimate of drug-likeness (QED) is 0.338. The lowest BCUT2D eigenvalue weighted by Crippen LogP contribution is -2.21. The third-order valence-electron chi connectivity index (χ3n) is 4.57. The number of hydrogen-bond acceptors (Lipinski definition) is 7. The van der Waals surface area contributed by atoms with Crippen LogP contribution in [-0.2, 0) is 23.0 Å². The lowest BCUT2D eigenvalue weighted by atomic mass is 10.1. The van der Waals surface area contributed by atoms with Crippen LogP contribution in [0.25, 0.3) is 10.9 Å². The van der Waals surface area contributed by atoms with Crippen molar-refractivity contribution in [2.75, 3.05) is 17.7 Å². The number of nitrogens with zero attached hydrogens (tertiary/aromatic N) is 2. The standard InChI is InChI=1S/C21H23N3O4S2/c1-5-15-12(3)17(20(27)28-6-2)18(30-15)23-16(25)11-29-21-22-14-10-8-7-9-13(14)19(26)24(21)4/h7-10H,5-6,11H2,1-4H3,(H,23,25). The van der Waals surface area contributed by atoms with Gasteiger partial charge < -0.3 is 10.1 Å². The predicted molar refractivity (Wildman–Crippen MR) is 121 cm³/mol. The Balaban J connectivity index is 1.79. The van der Waals surface area contributed by atoms with E-state index in [-0.39, 0.29) is 23.8 Å². The van der Waals surface area contributed by atoms with Gasteiger partial charge in [0.25, 0.3) is 5.56 Å². The van der Waals surface area contributed by atoms with Gasteiger partial charge in [-0.25, -0.2) is 9.78 Å². The van der Waals surface area contributed by atoms with Crippen LogP contribution in [0.5, 0.6) is 0 Å². The topological polar surface area (TPSA) is 90.3 Å². The number of anilines is 1. The fraction of sp³-hybridized carbons (Fsp3) is 0.333. The van der Waals surface area contributed by atoms with Gasteiger partial charge in [-0.15, -0.1) is 11.3 Å². The number of thioether (sulfide) groups is 1. The van der Waals surface area contributed by atoms with Gasteiger partial charge in [0.15, 0.2) is 5.16 Å². The lowest BCUT2D eigenvalue weighted by molar-refractivity contribution is -0.113. The first-order valence-electron chi connectivity index (χ1n) is 9.55. The van der Waals surface area contributed by atoms with Crippen LogP contribution < -0.4 is 10.9 Å². The minimum Gasteiger partial charge on any atom is -0.462 e. The summed E-state index contributed by atoms with van der Waals surface area (Å²) in [4.78, 5) is 43.0. The smallest absolute Gasteiger partial charge is 0.341 e. The van der Waals surface area contributed by atoms with E-state index in [1.54, 1.807) is 32.2 Å². The van der Waals surface area contributed by atoms with E-state index >= 15 is 0 Å². The summed E-state index contributed by atoms with van der Waals surface area (Å²) >= 11 is 2.56. The maximum absolute atomic E-state index is 12.6. The van der Waals surface area contributed by atoms with E-state index in [2.05, 4.69) is 10.3 Å². The number of nitrogens with one attached hydrogen (secondary N) is 1. The summed E-state index contributed by atoms with van der Waals surface area (Å²) in [6.07, 6.45) is 0.761. The Labute approximate surface area is 182 Å². The van der Waals surface area contributed by atoms with Crippen molar-refractivity contribution >= 4 is 50.9 Å². The molecule has 30 heavy (non-hydrogen) atoms. The Kier molecular flexibility index (Phi) is 6.94. The number of hydrogen-bond donors (Lipinski definition) is 1. The second kappa shape index (κ2) is 9.44. The van der Waals surface area contributed by atoms with Gasteiger partial charge in [0.1, 0.15) is 5.00 Å². The van der Waals surface area contributed by atoms with E-state index in [0.717, 1.165) is 16.9 Å². The molecule has 0 aliphatic rings. The Bertz CT molecular complexity index is 1170. The molecule has 7 nitrogen and oxygen atoms in total. The van der Waals surface area contributed by atoms with Gasteiger partial charge in [0, 0.05) is 11.9 Å². The monoisotopic (exact) mass is 445 g/mol. The first kappa shape index (κ1) is 22.0. The number of aryl methyl sites for hydroxylation is 1. The normalized spacial score (nSPS) is 10.9. The summed E-state index contributed by atoms with van der Waals surface area (Å²) in [7, 11) is 1.64. The number of benzene rings is 1. The number of amides is 1. The molecule has 3 rings (SSSR count). The number of carbonyl (C=O) groups excluding carboxylic acids is 2. The Hall–Kier alpha value is -2.65. The van der Waals surface area contributed by atoms with Crippen LogP contribution in [0.2, 0.25) is 0 Å². The summed E-state index contributed by atoms with van der Waals surface area (Å²) in [5, 5.41) is 4.31.